The van der Waals surface area contributed by atoms with Crippen molar-refractivity contribution in [3.63, 3.8) is 0 Å². The molecule has 0 bridgehead atoms. The first-order valence-corrected chi connectivity index (χ1v) is 11.1. The molecule has 3 aromatic rings. The van der Waals surface area contributed by atoms with Crippen molar-refractivity contribution in [1.29, 1.82) is 0 Å². The Kier molecular flexibility index (Phi) is 7.03. The number of aromatic nitrogens is 2. The highest BCUT2D eigenvalue weighted by molar-refractivity contribution is 7.20. The number of esters is 1. The molecular weight excluding hydrogens is 461 g/mol. The van der Waals surface area contributed by atoms with E-state index in [1.165, 1.54) is 10.9 Å². The Hall–Kier alpha value is -2.42. The zero-order valence-corrected chi connectivity index (χ0v) is 19.7. The summed E-state index contributed by atoms with van der Waals surface area (Å²) >= 11 is 13.0. The van der Waals surface area contributed by atoms with Gasteiger partial charge in [0.25, 0.3) is 5.56 Å². The predicted molar refractivity (Wildman–Crippen MR) is 124 cm³/mol. The third kappa shape index (κ3) is 5.08. The molecule has 3 rings (SSSR count). The lowest BCUT2D eigenvalue weighted by Crippen LogP contribution is -2.31. The van der Waals surface area contributed by atoms with Crippen LogP contribution in [0, 0.1) is 12.8 Å². The molecule has 0 radical (unpaired) electrons. The van der Waals surface area contributed by atoms with Crippen LogP contribution in [0.5, 0.6) is 0 Å². The molecule has 7 nitrogen and oxygen atoms in total. The van der Waals surface area contributed by atoms with E-state index in [0.29, 0.717) is 36.4 Å². The Labute approximate surface area is 192 Å². The van der Waals surface area contributed by atoms with E-state index in [1.54, 1.807) is 32.0 Å². The minimum absolute atomic E-state index is 0.197. The first-order valence-electron chi connectivity index (χ1n) is 9.52. The van der Waals surface area contributed by atoms with Gasteiger partial charge in [-0.15, -0.1) is 11.3 Å². The number of benzene rings is 1. The highest BCUT2D eigenvalue weighted by Crippen LogP contribution is 2.28. The number of aryl methyl sites for hydroxylation is 1. The zero-order chi connectivity index (χ0) is 22.9. The van der Waals surface area contributed by atoms with Gasteiger partial charge in [0.2, 0.25) is 5.91 Å². The molecule has 1 N–H and O–H groups in total. The second kappa shape index (κ2) is 9.38. The predicted octanol–water partition coefficient (Wildman–Crippen LogP) is 5.09. The first kappa shape index (κ1) is 23.2. The molecule has 1 aromatic carbocycles. The van der Waals surface area contributed by atoms with Gasteiger partial charge in [-0.1, -0.05) is 37.0 Å². The SMILES string of the molecule is Cc1c(C(=O)OCC(C)C)sc2ncn(C(C)C(=O)Nc3cc(Cl)cc(Cl)c3)c(=O)c12. The Morgan fingerprint density at radius 1 is 1.19 bits per heavy atom. The molecule has 1 unspecified atom stereocenters. The minimum atomic E-state index is -0.863. The van der Waals surface area contributed by atoms with Crippen LogP contribution >= 0.6 is 34.5 Å². The van der Waals surface area contributed by atoms with Crippen molar-refractivity contribution in [2.75, 3.05) is 11.9 Å². The second-order valence-corrected chi connectivity index (χ2v) is 9.38. The van der Waals surface area contributed by atoms with Crippen LogP contribution in [0.25, 0.3) is 10.2 Å². The number of hydrogen-bond acceptors (Lipinski definition) is 6. The van der Waals surface area contributed by atoms with Crippen molar-refractivity contribution in [3.05, 3.63) is 55.4 Å². The van der Waals surface area contributed by atoms with E-state index in [9.17, 15) is 14.4 Å². The van der Waals surface area contributed by atoms with Gasteiger partial charge < -0.3 is 10.1 Å². The van der Waals surface area contributed by atoms with Crippen molar-refractivity contribution in [2.24, 2.45) is 5.92 Å². The molecule has 0 saturated heterocycles. The summed E-state index contributed by atoms with van der Waals surface area (Å²) in [6, 6.07) is 3.80. The summed E-state index contributed by atoms with van der Waals surface area (Å²) in [7, 11) is 0. The van der Waals surface area contributed by atoms with Crippen LogP contribution in [0.1, 0.15) is 42.0 Å². The number of amides is 1. The number of ether oxygens (including phenoxy) is 1. The highest BCUT2D eigenvalue weighted by atomic mass is 35.5. The average molecular weight is 482 g/mol. The van der Waals surface area contributed by atoms with Gasteiger partial charge in [0, 0.05) is 15.7 Å². The second-order valence-electron chi connectivity index (χ2n) is 7.51. The van der Waals surface area contributed by atoms with E-state index in [2.05, 4.69) is 10.3 Å². The molecule has 2 heterocycles. The van der Waals surface area contributed by atoms with Gasteiger partial charge in [0.15, 0.2) is 0 Å². The van der Waals surface area contributed by atoms with Gasteiger partial charge in [-0.2, -0.15) is 0 Å². The fourth-order valence-electron chi connectivity index (χ4n) is 2.91. The molecule has 1 amide bonds. The highest BCUT2D eigenvalue weighted by Gasteiger charge is 2.24. The molecule has 164 valence electrons. The molecular formula is C21H21Cl2N3O4S. The maximum Gasteiger partial charge on any atom is 0.348 e. The molecule has 0 aliphatic heterocycles. The van der Waals surface area contributed by atoms with E-state index < -0.39 is 23.5 Å². The first-order chi connectivity index (χ1) is 14.6. The van der Waals surface area contributed by atoms with E-state index in [-0.39, 0.29) is 12.5 Å². The van der Waals surface area contributed by atoms with E-state index in [1.807, 2.05) is 13.8 Å². The van der Waals surface area contributed by atoms with Crippen LogP contribution < -0.4 is 10.9 Å². The standard InChI is InChI=1S/C21H21Cl2N3O4S/c1-10(2)8-30-21(29)17-11(3)16-19(31-17)24-9-26(20(16)28)12(4)18(27)25-15-6-13(22)5-14(23)7-15/h5-7,9-10,12H,8H2,1-4H3,(H,25,27). The number of thiophene rings is 1. The van der Waals surface area contributed by atoms with Gasteiger partial charge >= 0.3 is 5.97 Å². The number of rotatable bonds is 6. The summed E-state index contributed by atoms with van der Waals surface area (Å²) < 4.78 is 6.52. The molecule has 0 spiro atoms. The van der Waals surface area contributed by atoms with Crippen LogP contribution in [-0.4, -0.2) is 28.0 Å². The Morgan fingerprint density at radius 3 is 2.45 bits per heavy atom. The molecule has 0 saturated carbocycles. The number of hydrogen-bond donors (Lipinski definition) is 1. The number of fused-ring (bicyclic) bond motifs is 1. The molecule has 0 fully saturated rings. The smallest absolute Gasteiger partial charge is 0.348 e. The quantitative estimate of drug-likeness (QED) is 0.495. The monoisotopic (exact) mass is 481 g/mol. The van der Waals surface area contributed by atoms with Crippen molar-refractivity contribution in [3.8, 4) is 0 Å². The minimum Gasteiger partial charge on any atom is -0.461 e. The number of carbonyl (C=O) groups excluding carboxylic acids is 2. The van der Waals surface area contributed by atoms with Gasteiger partial charge in [-0.05, 0) is 43.5 Å². The van der Waals surface area contributed by atoms with Gasteiger partial charge in [-0.25, -0.2) is 9.78 Å². The van der Waals surface area contributed by atoms with Gasteiger partial charge in [0.1, 0.15) is 15.7 Å². The average Bonchev–Trinajstić information content (AvgIpc) is 3.02. The van der Waals surface area contributed by atoms with Crippen LogP contribution in [0.3, 0.4) is 0 Å². The van der Waals surface area contributed by atoms with Crippen LogP contribution in [0.2, 0.25) is 10.0 Å². The van der Waals surface area contributed by atoms with Crippen LogP contribution in [-0.2, 0) is 9.53 Å². The van der Waals surface area contributed by atoms with Crippen molar-refractivity contribution >= 4 is 62.3 Å². The third-order valence-electron chi connectivity index (χ3n) is 4.54. The Balaban J connectivity index is 1.91. The molecule has 1 atom stereocenters. The maximum atomic E-state index is 13.1. The lowest BCUT2D eigenvalue weighted by atomic mass is 10.2. The number of carbonyl (C=O) groups is 2. The Bertz CT molecular complexity index is 1200. The Morgan fingerprint density at radius 2 is 1.84 bits per heavy atom. The molecule has 31 heavy (non-hydrogen) atoms. The van der Waals surface area contributed by atoms with Crippen molar-refractivity contribution < 1.29 is 14.3 Å². The lowest BCUT2D eigenvalue weighted by Gasteiger charge is -2.15. The van der Waals surface area contributed by atoms with Crippen molar-refractivity contribution in [1.82, 2.24) is 9.55 Å². The third-order valence-corrected chi connectivity index (χ3v) is 6.15. The molecule has 10 heteroatoms. The number of nitrogens with zero attached hydrogens (tertiary/aromatic N) is 2. The van der Waals surface area contributed by atoms with Gasteiger partial charge in [0.05, 0.1) is 18.3 Å². The van der Waals surface area contributed by atoms with Crippen LogP contribution in [0.4, 0.5) is 5.69 Å². The van der Waals surface area contributed by atoms with E-state index in [4.69, 9.17) is 27.9 Å². The van der Waals surface area contributed by atoms with Crippen LogP contribution in [0.15, 0.2) is 29.3 Å². The zero-order valence-electron chi connectivity index (χ0n) is 17.4. The number of halogens is 2. The summed E-state index contributed by atoms with van der Waals surface area (Å²) in [5.41, 5.74) is 0.501. The molecule has 2 aromatic heterocycles. The van der Waals surface area contributed by atoms with Gasteiger partial charge in [-0.3, -0.25) is 14.2 Å². The molecule has 0 aliphatic rings. The molecule has 0 aliphatic carbocycles. The fraction of sp³-hybridized carbons (Fsp3) is 0.333. The fourth-order valence-corrected chi connectivity index (χ4v) is 4.47. The lowest BCUT2D eigenvalue weighted by molar-refractivity contribution is -0.118. The number of anilines is 1. The largest absolute Gasteiger partial charge is 0.461 e. The normalized spacial score (nSPS) is 12.2. The summed E-state index contributed by atoms with van der Waals surface area (Å²) in [5.74, 6) is -0.725. The summed E-state index contributed by atoms with van der Waals surface area (Å²) in [5, 5.41) is 3.75. The summed E-state index contributed by atoms with van der Waals surface area (Å²) in [6.45, 7) is 7.42. The summed E-state index contributed by atoms with van der Waals surface area (Å²) in [4.78, 5) is 43.3. The summed E-state index contributed by atoms with van der Waals surface area (Å²) in [6.07, 6.45) is 1.30. The van der Waals surface area contributed by atoms with E-state index in [0.717, 1.165) is 11.3 Å². The number of nitrogens with one attached hydrogen (secondary N) is 1. The topological polar surface area (TPSA) is 90.3 Å². The maximum absolute atomic E-state index is 13.1. The van der Waals surface area contributed by atoms with E-state index >= 15 is 0 Å². The van der Waals surface area contributed by atoms with Crippen molar-refractivity contribution in [2.45, 2.75) is 33.7 Å².